The fourth-order valence-electron chi connectivity index (χ4n) is 1.46. The summed E-state index contributed by atoms with van der Waals surface area (Å²) in [5, 5.41) is 8.89. The van der Waals surface area contributed by atoms with Crippen molar-refractivity contribution in [2.45, 2.75) is 33.1 Å². The summed E-state index contributed by atoms with van der Waals surface area (Å²) in [6.45, 7) is 3.53. The van der Waals surface area contributed by atoms with Crippen LogP contribution in [0.1, 0.15) is 33.1 Å². The van der Waals surface area contributed by atoms with Crippen LogP contribution >= 0.6 is 0 Å². The van der Waals surface area contributed by atoms with Gasteiger partial charge in [0, 0.05) is 12.8 Å². The molecule has 0 amide bonds. The molecule has 0 aliphatic rings. The quantitative estimate of drug-likeness (QED) is 0.628. The van der Waals surface area contributed by atoms with Gasteiger partial charge in [-0.15, -0.1) is 0 Å². The molecule has 0 saturated heterocycles. The molecule has 0 radical (unpaired) electrons. The fraction of sp³-hybridized carbons (Fsp3) is 0.700. The molecule has 4 nitrogen and oxygen atoms in total. The van der Waals surface area contributed by atoms with Crippen molar-refractivity contribution in [2.24, 2.45) is 11.3 Å². The summed E-state index contributed by atoms with van der Waals surface area (Å²) in [4.78, 5) is 31.3. The summed E-state index contributed by atoms with van der Waals surface area (Å²) in [7, 11) is 0. The molecule has 0 bridgehead atoms. The molecule has 0 saturated carbocycles. The van der Waals surface area contributed by atoms with Gasteiger partial charge < -0.3 is 14.7 Å². The number of carbonyl (C=O) groups excluding carboxylic acids is 2. The van der Waals surface area contributed by atoms with Crippen molar-refractivity contribution >= 4 is 18.5 Å². The van der Waals surface area contributed by atoms with Crippen LogP contribution in [0.15, 0.2) is 0 Å². The molecule has 4 heteroatoms. The molecular formula is C10H16O4. The van der Waals surface area contributed by atoms with Crippen LogP contribution < -0.4 is 0 Å². The monoisotopic (exact) mass is 200 g/mol. The summed E-state index contributed by atoms with van der Waals surface area (Å²) >= 11 is 0. The van der Waals surface area contributed by atoms with Crippen LogP contribution in [-0.4, -0.2) is 23.6 Å². The van der Waals surface area contributed by atoms with E-state index in [4.69, 9.17) is 5.11 Å². The van der Waals surface area contributed by atoms with Gasteiger partial charge in [0.2, 0.25) is 0 Å². The van der Waals surface area contributed by atoms with E-state index in [1.807, 2.05) is 0 Å². The largest absolute Gasteiger partial charge is 0.481 e. The molecule has 0 rings (SSSR count). The fourth-order valence-corrected chi connectivity index (χ4v) is 1.46. The van der Waals surface area contributed by atoms with Crippen LogP contribution in [-0.2, 0) is 14.4 Å². The Morgan fingerprint density at radius 2 is 1.93 bits per heavy atom. The smallest absolute Gasteiger partial charge is 0.307 e. The van der Waals surface area contributed by atoms with Crippen LogP contribution in [0.3, 0.4) is 0 Å². The molecule has 0 spiro atoms. The maximum Gasteiger partial charge on any atom is 0.307 e. The molecule has 1 N–H and O–H groups in total. The van der Waals surface area contributed by atoms with E-state index in [1.54, 1.807) is 13.8 Å². The van der Waals surface area contributed by atoms with Crippen LogP contribution in [0, 0.1) is 11.3 Å². The van der Waals surface area contributed by atoms with E-state index in [-0.39, 0.29) is 6.42 Å². The average Bonchev–Trinajstić information content (AvgIpc) is 2.10. The van der Waals surface area contributed by atoms with Gasteiger partial charge in [-0.25, -0.2) is 0 Å². The van der Waals surface area contributed by atoms with Gasteiger partial charge in [0.15, 0.2) is 0 Å². The highest BCUT2D eigenvalue weighted by Gasteiger charge is 2.34. The molecule has 0 aliphatic carbocycles. The van der Waals surface area contributed by atoms with Crippen LogP contribution in [0.2, 0.25) is 0 Å². The van der Waals surface area contributed by atoms with Gasteiger partial charge in [-0.3, -0.25) is 4.79 Å². The van der Waals surface area contributed by atoms with Crippen molar-refractivity contribution in [2.75, 3.05) is 0 Å². The summed E-state index contributed by atoms with van der Waals surface area (Å²) in [6, 6.07) is 0. The summed E-state index contributed by atoms with van der Waals surface area (Å²) in [5.41, 5.74) is -0.520. The average molecular weight is 200 g/mol. The molecule has 0 aromatic carbocycles. The van der Waals surface area contributed by atoms with E-state index in [0.29, 0.717) is 19.1 Å². The van der Waals surface area contributed by atoms with E-state index in [1.165, 1.54) is 0 Å². The first-order chi connectivity index (χ1) is 6.45. The zero-order valence-electron chi connectivity index (χ0n) is 8.53. The number of carbonyl (C=O) groups is 3. The zero-order valence-corrected chi connectivity index (χ0v) is 8.53. The minimum atomic E-state index is -0.979. The van der Waals surface area contributed by atoms with E-state index in [2.05, 4.69) is 0 Å². The number of aliphatic carboxylic acids is 1. The van der Waals surface area contributed by atoms with Crippen molar-refractivity contribution in [3.8, 4) is 0 Å². The Kier molecular flexibility index (Phi) is 5.05. The second kappa shape index (κ2) is 5.52. The van der Waals surface area contributed by atoms with E-state index in [9.17, 15) is 14.4 Å². The zero-order chi connectivity index (χ0) is 11.2. The molecule has 0 heterocycles. The van der Waals surface area contributed by atoms with Crippen LogP contribution in [0.4, 0.5) is 0 Å². The summed E-state index contributed by atoms with van der Waals surface area (Å²) in [5.74, 6) is -1.69. The maximum absolute atomic E-state index is 10.9. The summed E-state index contributed by atoms with van der Waals surface area (Å²) in [6.07, 6.45) is 2.20. The topological polar surface area (TPSA) is 71.4 Å². The number of rotatable bonds is 7. The number of carboxylic acid groups (broad SMARTS) is 1. The van der Waals surface area contributed by atoms with Gasteiger partial charge >= 0.3 is 5.97 Å². The van der Waals surface area contributed by atoms with E-state index >= 15 is 0 Å². The minimum absolute atomic E-state index is 0.00118. The van der Waals surface area contributed by atoms with Crippen molar-refractivity contribution < 1.29 is 19.5 Å². The van der Waals surface area contributed by atoms with E-state index in [0.717, 1.165) is 6.29 Å². The standard InChI is InChI=1S/C10H16O4/c1-10(2,5-3-6-11)8(4-7-12)9(13)14/h6-8H,3-5H2,1-2H3,(H,13,14). The molecule has 0 aromatic heterocycles. The molecule has 14 heavy (non-hydrogen) atoms. The van der Waals surface area contributed by atoms with E-state index < -0.39 is 17.3 Å². The lowest BCUT2D eigenvalue weighted by atomic mass is 9.74. The lowest BCUT2D eigenvalue weighted by Crippen LogP contribution is -2.31. The van der Waals surface area contributed by atoms with Gasteiger partial charge in [0.1, 0.15) is 12.6 Å². The third-order valence-electron chi connectivity index (χ3n) is 2.48. The van der Waals surface area contributed by atoms with Crippen molar-refractivity contribution in [1.82, 2.24) is 0 Å². The number of hydrogen-bond donors (Lipinski definition) is 1. The van der Waals surface area contributed by atoms with Crippen molar-refractivity contribution in [3.05, 3.63) is 0 Å². The predicted molar refractivity (Wildman–Crippen MR) is 50.9 cm³/mol. The molecule has 0 aliphatic heterocycles. The molecular weight excluding hydrogens is 184 g/mol. The Bertz CT molecular complexity index is 220. The Balaban J connectivity index is 4.51. The van der Waals surface area contributed by atoms with Gasteiger partial charge in [-0.2, -0.15) is 0 Å². The predicted octanol–water partition coefficient (Wildman–Crippen LogP) is 1.28. The molecule has 80 valence electrons. The maximum atomic E-state index is 10.9. The number of aldehydes is 2. The van der Waals surface area contributed by atoms with Gasteiger partial charge in [0.25, 0.3) is 0 Å². The molecule has 1 unspecified atom stereocenters. The van der Waals surface area contributed by atoms with Crippen molar-refractivity contribution in [3.63, 3.8) is 0 Å². The first-order valence-electron chi connectivity index (χ1n) is 4.55. The Morgan fingerprint density at radius 3 is 2.29 bits per heavy atom. The highest BCUT2D eigenvalue weighted by molar-refractivity contribution is 5.74. The minimum Gasteiger partial charge on any atom is -0.481 e. The highest BCUT2D eigenvalue weighted by Crippen LogP contribution is 2.33. The normalized spacial score (nSPS) is 13.3. The highest BCUT2D eigenvalue weighted by atomic mass is 16.4. The number of hydrogen-bond acceptors (Lipinski definition) is 3. The van der Waals surface area contributed by atoms with Crippen LogP contribution in [0.25, 0.3) is 0 Å². The van der Waals surface area contributed by atoms with Gasteiger partial charge in [-0.05, 0) is 11.8 Å². The summed E-state index contributed by atoms with van der Waals surface area (Å²) < 4.78 is 0. The van der Waals surface area contributed by atoms with Crippen LogP contribution in [0.5, 0.6) is 0 Å². The Labute approximate surface area is 83.3 Å². The number of carboxylic acids is 1. The molecule has 0 aromatic rings. The Morgan fingerprint density at radius 1 is 1.36 bits per heavy atom. The first-order valence-corrected chi connectivity index (χ1v) is 4.55. The lowest BCUT2D eigenvalue weighted by molar-refractivity contribution is -0.147. The van der Waals surface area contributed by atoms with Gasteiger partial charge in [-0.1, -0.05) is 13.8 Å². The van der Waals surface area contributed by atoms with Gasteiger partial charge in [0.05, 0.1) is 5.92 Å². The third kappa shape index (κ3) is 3.68. The lowest BCUT2D eigenvalue weighted by Gasteiger charge is -2.29. The Hall–Kier alpha value is -1.19. The van der Waals surface area contributed by atoms with Crippen molar-refractivity contribution in [1.29, 1.82) is 0 Å². The molecule has 0 fully saturated rings. The second-order valence-electron chi connectivity index (χ2n) is 3.99. The second-order valence-corrected chi connectivity index (χ2v) is 3.99. The third-order valence-corrected chi connectivity index (χ3v) is 2.48. The first kappa shape index (κ1) is 12.8. The SMILES string of the molecule is CC(C)(CCC=O)C(CC=O)C(=O)O. The molecule has 1 atom stereocenters.